The molecule has 0 amide bonds. The van der Waals surface area contributed by atoms with Crippen LogP contribution in [-0.2, 0) is 11.3 Å². The van der Waals surface area contributed by atoms with Crippen LogP contribution < -0.4 is 10.6 Å². The first-order valence-corrected chi connectivity index (χ1v) is 21.0. The van der Waals surface area contributed by atoms with E-state index >= 15 is 0 Å². The lowest BCUT2D eigenvalue weighted by Gasteiger charge is -2.62. The first-order chi connectivity index (χ1) is 20.6. The molecule has 0 radical (unpaired) electrons. The van der Waals surface area contributed by atoms with E-state index in [0.717, 1.165) is 58.7 Å². The monoisotopic (exact) mass is 604 g/mol. The van der Waals surface area contributed by atoms with Crippen LogP contribution in [0.5, 0.6) is 0 Å². The molecule has 2 saturated heterocycles. The molecular formula is C38H58N2P2. The fourth-order valence-electron chi connectivity index (χ4n) is 13.7. The number of hydrogen-bond donors (Lipinski definition) is 2. The van der Waals surface area contributed by atoms with Crippen LogP contribution in [0.4, 0.5) is 0 Å². The molecule has 0 spiro atoms. The molecule has 1 aromatic carbocycles. The lowest BCUT2D eigenvalue weighted by Crippen LogP contribution is -2.59. The molecule has 4 heteroatoms. The Hall–Kier alpha value is -0.0000000000000000416. The maximum absolute atomic E-state index is 4.09. The Balaban J connectivity index is 1.11. The van der Waals surface area contributed by atoms with Gasteiger partial charge in [0.05, 0.1) is 0 Å². The van der Waals surface area contributed by atoms with Crippen LogP contribution in [0.3, 0.4) is 0 Å². The summed E-state index contributed by atoms with van der Waals surface area (Å²) in [6.45, 7) is 2.40. The topological polar surface area (TPSA) is 24.1 Å². The first kappa shape index (κ1) is 28.2. The quantitative estimate of drug-likeness (QED) is 0.304. The number of piperidine rings is 2. The van der Waals surface area contributed by atoms with Gasteiger partial charge in [-0.05, 0) is 179 Å². The van der Waals surface area contributed by atoms with E-state index in [4.69, 9.17) is 0 Å². The molecule has 8 aliphatic carbocycles. The van der Waals surface area contributed by atoms with Crippen LogP contribution in [0.25, 0.3) is 0 Å². The van der Waals surface area contributed by atoms with Crippen LogP contribution in [-0.4, -0.2) is 36.5 Å². The fourth-order valence-corrected chi connectivity index (χ4v) is 19.2. The largest absolute Gasteiger partial charge is 0.313 e. The molecule has 0 aromatic heterocycles. The van der Waals surface area contributed by atoms with Crippen LogP contribution >= 0.6 is 17.2 Å². The molecule has 3 atom stereocenters. The van der Waals surface area contributed by atoms with Gasteiger partial charge in [-0.15, -0.1) is 9.24 Å². The lowest BCUT2D eigenvalue weighted by molar-refractivity contribution is 0.0129. The van der Waals surface area contributed by atoms with Crippen LogP contribution in [0.1, 0.15) is 114 Å². The molecule has 11 rings (SSSR count). The zero-order chi connectivity index (χ0) is 27.8. The molecular weight excluding hydrogens is 546 g/mol. The van der Waals surface area contributed by atoms with Crippen molar-refractivity contribution < 1.29 is 0 Å². The number of rotatable bonds is 7. The van der Waals surface area contributed by atoms with E-state index in [0.29, 0.717) is 12.1 Å². The minimum Gasteiger partial charge on any atom is -0.313 e. The van der Waals surface area contributed by atoms with E-state index in [1.54, 1.807) is 75.3 Å². The summed E-state index contributed by atoms with van der Waals surface area (Å²) in [6, 6.07) is 11.2. The molecule has 230 valence electrons. The van der Waals surface area contributed by atoms with Crippen molar-refractivity contribution in [2.24, 2.45) is 47.3 Å². The molecule has 3 unspecified atom stereocenters. The van der Waals surface area contributed by atoms with Gasteiger partial charge >= 0.3 is 0 Å². The second kappa shape index (κ2) is 11.4. The highest BCUT2D eigenvalue weighted by molar-refractivity contribution is 7.58. The van der Waals surface area contributed by atoms with Gasteiger partial charge in [-0.25, -0.2) is 0 Å². The number of benzene rings is 1. The van der Waals surface area contributed by atoms with Crippen LogP contribution in [0, 0.1) is 47.3 Å². The summed E-state index contributed by atoms with van der Waals surface area (Å²) in [7, 11) is 3.58. The van der Waals surface area contributed by atoms with E-state index in [1.165, 1.54) is 57.8 Å². The highest BCUT2D eigenvalue weighted by Gasteiger charge is 2.57. The Bertz CT molecular complexity index is 1010. The van der Waals surface area contributed by atoms with Gasteiger partial charge in [-0.1, -0.05) is 45.0 Å². The zero-order valence-electron chi connectivity index (χ0n) is 26.2. The molecule has 2 aliphatic heterocycles. The first-order valence-electron chi connectivity index (χ1n) is 18.7. The summed E-state index contributed by atoms with van der Waals surface area (Å²) in [6.07, 6.45) is 25.6. The van der Waals surface area contributed by atoms with E-state index < -0.39 is 0 Å². The molecule has 42 heavy (non-hydrogen) atoms. The highest BCUT2D eigenvalue weighted by Crippen LogP contribution is 2.72. The highest BCUT2D eigenvalue weighted by atomic mass is 31.1. The van der Waals surface area contributed by atoms with Crippen molar-refractivity contribution >= 4 is 17.2 Å². The standard InChI is InChI=1S/C38H58N2P2/c41-38(34-9-3-5-11-39-34,35-10-4-6-12-40-35)33-8-2-1-7-28(33)23-42(36-29-15-24-13-25(17-29)18-30(36)16-24)37-31-19-26-14-27(21-31)22-32(37)20-26/h1-2,7-8,24-27,29-32,34-37,39-40H,3-6,9-23,41H2. The minimum absolute atomic E-state index is 0.0149. The third-order valence-electron chi connectivity index (χ3n) is 14.7. The fraction of sp³-hybridized carbons (Fsp3) is 0.842. The summed E-state index contributed by atoms with van der Waals surface area (Å²) in [5.74, 6) is 8.72. The van der Waals surface area contributed by atoms with Gasteiger partial charge in [-0.2, -0.15) is 0 Å². The predicted octanol–water partition coefficient (Wildman–Crippen LogP) is 8.67. The van der Waals surface area contributed by atoms with Gasteiger partial charge in [0, 0.05) is 17.2 Å². The smallest absolute Gasteiger partial charge is 0.0405 e. The maximum Gasteiger partial charge on any atom is 0.0405 e. The maximum atomic E-state index is 4.09. The molecule has 2 N–H and O–H groups in total. The van der Waals surface area contributed by atoms with E-state index in [9.17, 15) is 0 Å². The van der Waals surface area contributed by atoms with Crippen molar-refractivity contribution in [1.82, 2.24) is 10.6 Å². The number of nitrogens with one attached hydrogen (secondary N) is 2. The Kier molecular flexibility index (Phi) is 7.64. The summed E-state index contributed by atoms with van der Waals surface area (Å²) < 4.78 is 0. The zero-order valence-corrected chi connectivity index (χ0v) is 28.2. The van der Waals surface area contributed by atoms with Gasteiger partial charge in [0.2, 0.25) is 0 Å². The number of hydrogen-bond acceptors (Lipinski definition) is 2. The normalized spacial score (nSPS) is 47.8. The Labute approximate surface area is 260 Å². The molecule has 8 bridgehead atoms. The van der Waals surface area contributed by atoms with Crippen LogP contribution in [0.2, 0.25) is 0 Å². The van der Waals surface area contributed by atoms with Gasteiger partial charge in [0.25, 0.3) is 0 Å². The van der Waals surface area contributed by atoms with Gasteiger partial charge < -0.3 is 10.6 Å². The van der Waals surface area contributed by atoms with Crippen molar-refractivity contribution in [1.29, 1.82) is 0 Å². The molecule has 10 aliphatic rings. The van der Waals surface area contributed by atoms with E-state index in [1.807, 2.05) is 0 Å². The predicted molar refractivity (Wildman–Crippen MR) is 181 cm³/mol. The molecule has 8 saturated carbocycles. The molecule has 1 aromatic rings. The summed E-state index contributed by atoms with van der Waals surface area (Å²) in [4.78, 5) is 0. The average Bonchev–Trinajstić information content (AvgIpc) is 3.01. The van der Waals surface area contributed by atoms with Crippen molar-refractivity contribution in [2.45, 2.75) is 137 Å². The summed E-state index contributed by atoms with van der Waals surface area (Å²) in [5, 5.41) is 8.29. The Morgan fingerprint density at radius 3 is 1.50 bits per heavy atom. The summed E-state index contributed by atoms with van der Waals surface area (Å²) in [5.41, 5.74) is 5.67. The van der Waals surface area contributed by atoms with Crippen molar-refractivity contribution in [2.75, 3.05) is 13.1 Å². The van der Waals surface area contributed by atoms with Gasteiger partial charge in [-0.3, -0.25) is 0 Å². The SMILES string of the molecule is PC(c1ccccc1CP(C1C2CC3CC(C2)CC1C3)C1C2CC3CC(C2)CC1C3)(C1CCCCN1)C1CCCCN1. The van der Waals surface area contributed by atoms with Crippen molar-refractivity contribution in [3.05, 3.63) is 35.4 Å². The third-order valence-corrected chi connectivity index (χ3v) is 19.8. The van der Waals surface area contributed by atoms with E-state index in [2.05, 4.69) is 44.1 Å². The molecule has 10 fully saturated rings. The van der Waals surface area contributed by atoms with Crippen molar-refractivity contribution in [3.8, 4) is 0 Å². The second-order valence-corrected chi connectivity index (χ2v) is 20.6. The van der Waals surface area contributed by atoms with Crippen molar-refractivity contribution in [3.63, 3.8) is 0 Å². The summed E-state index contributed by atoms with van der Waals surface area (Å²) >= 11 is 0. The second-order valence-electron chi connectivity index (χ2n) is 17.1. The van der Waals surface area contributed by atoms with Gasteiger partial charge in [0.1, 0.15) is 0 Å². The Morgan fingerprint density at radius 2 is 1.07 bits per heavy atom. The molecule has 2 nitrogen and oxygen atoms in total. The Morgan fingerprint density at radius 1 is 0.619 bits per heavy atom. The lowest BCUT2D eigenvalue weighted by atomic mass is 9.55. The van der Waals surface area contributed by atoms with E-state index in [-0.39, 0.29) is 13.1 Å². The van der Waals surface area contributed by atoms with Crippen LogP contribution in [0.15, 0.2) is 24.3 Å². The molecule has 2 heterocycles. The minimum atomic E-state index is 0.0149. The third kappa shape index (κ3) is 4.76. The average molecular weight is 605 g/mol. The van der Waals surface area contributed by atoms with Gasteiger partial charge in [0.15, 0.2) is 0 Å².